The summed E-state index contributed by atoms with van der Waals surface area (Å²) in [4.78, 5) is 26.1. The van der Waals surface area contributed by atoms with Gasteiger partial charge in [0.1, 0.15) is 17.5 Å². The zero-order chi connectivity index (χ0) is 19.4. The lowest BCUT2D eigenvalue weighted by Crippen LogP contribution is -2.44. The summed E-state index contributed by atoms with van der Waals surface area (Å²) >= 11 is 12.0. The molecule has 1 aromatic carbocycles. The number of halogens is 2. The third kappa shape index (κ3) is 4.93. The zero-order valence-corrected chi connectivity index (χ0v) is 16.3. The number of nitrogens with zero attached hydrogens (tertiary/aromatic N) is 3. The second kappa shape index (κ2) is 8.63. The van der Waals surface area contributed by atoms with Gasteiger partial charge in [-0.2, -0.15) is 5.10 Å². The summed E-state index contributed by atoms with van der Waals surface area (Å²) in [5.41, 5.74) is 0.0914. The van der Waals surface area contributed by atoms with Crippen LogP contribution in [-0.2, 0) is 11.8 Å². The molecule has 0 aliphatic carbocycles. The Morgan fingerprint density at radius 2 is 2.04 bits per heavy atom. The fourth-order valence-corrected chi connectivity index (χ4v) is 3.35. The molecule has 1 fully saturated rings. The van der Waals surface area contributed by atoms with E-state index in [9.17, 15) is 9.59 Å². The molecule has 144 valence electrons. The molecule has 1 amide bonds. The number of hydrogen-bond acceptors (Lipinski definition) is 5. The van der Waals surface area contributed by atoms with Gasteiger partial charge in [-0.3, -0.25) is 9.59 Å². The number of aromatic nitrogens is 2. The second-order valence-electron chi connectivity index (χ2n) is 6.30. The summed E-state index contributed by atoms with van der Waals surface area (Å²) in [7, 11) is 1.56. The van der Waals surface area contributed by atoms with Crippen LogP contribution in [0.3, 0.4) is 0 Å². The van der Waals surface area contributed by atoms with Gasteiger partial charge in [0.25, 0.3) is 5.56 Å². The van der Waals surface area contributed by atoms with Crippen molar-refractivity contribution in [3.05, 3.63) is 50.9 Å². The van der Waals surface area contributed by atoms with Crippen LogP contribution in [0.25, 0.3) is 0 Å². The van der Waals surface area contributed by atoms with Crippen molar-refractivity contribution >= 4 is 34.8 Å². The number of nitrogens with one attached hydrogen (secondary N) is 1. The van der Waals surface area contributed by atoms with Gasteiger partial charge in [0, 0.05) is 44.2 Å². The minimum atomic E-state index is -0.266. The van der Waals surface area contributed by atoms with Crippen molar-refractivity contribution in [2.75, 3.05) is 25.0 Å². The highest BCUT2D eigenvalue weighted by molar-refractivity contribution is 6.35. The minimum Gasteiger partial charge on any atom is -0.489 e. The number of hydrogen-bond donors (Lipinski definition) is 1. The summed E-state index contributed by atoms with van der Waals surface area (Å²) < 4.78 is 7.15. The van der Waals surface area contributed by atoms with E-state index >= 15 is 0 Å². The molecule has 0 spiro atoms. The first kappa shape index (κ1) is 19.5. The lowest BCUT2D eigenvalue weighted by atomic mass is 10.1. The molecule has 7 nitrogen and oxygen atoms in total. The number of carbonyl (C=O) groups is 1. The summed E-state index contributed by atoms with van der Waals surface area (Å²) in [5.74, 6) is 0.540. The SMILES string of the molecule is Cn1nccc(NCC(=O)N2CCC(Oc3ccc(Cl)cc3Cl)CC2)c1=O. The van der Waals surface area contributed by atoms with Crippen LogP contribution in [-0.4, -0.2) is 46.3 Å². The van der Waals surface area contributed by atoms with Gasteiger partial charge in [0.2, 0.25) is 5.91 Å². The molecule has 3 rings (SSSR count). The molecule has 0 bridgehead atoms. The van der Waals surface area contributed by atoms with Crippen LogP contribution >= 0.6 is 23.2 Å². The molecule has 1 aromatic heterocycles. The molecule has 0 radical (unpaired) electrons. The molecule has 1 aliphatic heterocycles. The normalized spacial score (nSPS) is 14.9. The number of rotatable bonds is 5. The van der Waals surface area contributed by atoms with Crippen molar-refractivity contribution in [2.24, 2.45) is 7.05 Å². The standard InChI is InChI=1S/C18H20Cl2N4O3/c1-23-18(26)15(4-7-22-23)21-11-17(25)24-8-5-13(6-9-24)27-16-3-2-12(19)10-14(16)20/h2-4,7,10,13,21H,5-6,8-9,11H2,1H3. The van der Waals surface area contributed by atoms with Gasteiger partial charge in [-0.25, -0.2) is 4.68 Å². The Morgan fingerprint density at radius 1 is 1.30 bits per heavy atom. The highest BCUT2D eigenvalue weighted by Gasteiger charge is 2.24. The number of amides is 1. The van der Waals surface area contributed by atoms with Crippen molar-refractivity contribution in [3.8, 4) is 5.75 Å². The summed E-state index contributed by atoms with van der Waals surface area (Å²) in [6, 6.07) is 6.69. The maximum absolute atomic E-state index is 12.4. The van der Waals surface area contributed by atoms with Crippen molar-refractivity contribution in [2.45, 2.75) is 18.9 Å². The fraction of sp³-hybridized carbons (Fsp3) is 0.389. The van der Waals surface area contributed by atoms with Crippen molar-refractivity contribution < 1.29 is 9.53 Å². The maximum Gasteiger partial charge on any atom is 0.289 e. The smallest absolute Gasteiger partial charge is 0.289 e. The van der Waals surface area contributed by atoms with Crippen molar-refractivity contribution in [1.29, 1.82) is 0 Å². The quantitative estimate of drug-likeness (QED) is 0.819. The van der Waals surface area contributed by atoms with Gasteiger partial charge in [-0.1, -0.05) is 23.2 Å². The van der Waals surface area contributed by atoms with E-state index in [1.165, 1.54) is 10.9 Å². The van der Waals surface area contributed by atoms with Crippen LogP contribution in [0.2, 0.25) is 10.0 Å². The van der Waals surface area contributed by atoms with Crippen molar-refractivity contribution in [3.63, 3.8) is 0 Å². The summed E-state index contributed by atoms with van der Waals surface area (Å²) in [5, 5.41) is 7.77. The number of ether oxygens (including phenoxy) is 1. The average molecular weight is 411 g/mol. The molecule has 0 atom stereocenters. The highest BCUT2D eigenvalue weighted by atomic mass is 35.5. The Labute approximate surface area is 166 Å². The first-order chi connectivity index (χ1) is 12.9. The molecule has 9 heteroatoms. The third-order valence-electron chi connectivity index (χ3n) is 4.42. The molecule has 27 heavy (non-hydrogen) atoms. The predicted molar refractivity (Wildman–Crippen MR) is 105 cm³/mol. The average Bonchev–Trinajstić information content (AvgIpc) is 2.65. The van der Waals surface area contributed by atoms with Crippen molar-refractivity contribution in [1.82, 2.24) is 14.7 Å². The van der Waals surface area contributed by atoms with Gasteiger partial charge >= 0.3 is 0 Å². The van der Waals surface area contributed by atoms with Crippen LogP contribution in [0, 0.1) is 0 Å². The van der Waals surface area contributed by atoms with Gasteiger partial charge in [-0.05, 0) is 24.3 Å². The van der Waals surface area contributed by atoms with E-state index in [-0.39, 0.29) is 24.1 Å². The Hall–Kier alpha value is -2.25. The van der Waals surface area contributed by atoms with Gasteiger partial charge < -0.3 is 15.0 Å². The molecule has 0 unspecified atom stereocenters. The zero-order valence-electron chi connectivity index (χ0n) is 14.8. The number of likely N-dealkylation sites (tertiary alicyclic amines) is 1. The molecular formula is C18H20Cl2N4O3. The monoisotopic (exact) mass is 410 g/mol. The Bertz CT molecular complexity index is 879. The predicted octanol–water partition coefficient (Wildman–Crippen LogP) is 2.57. The molecule has 2 heterocycles. The van der Waals surface area contributed by atoms with E-state index in [0.29, 0.717) is 47.4 Å². The first-order valence-corrected chi connectivity index (χ1v) is 9.35. The Morgan fingerprint density at radius 3 is 2.74 bits per heavy atom. The molecule has 2 aromatic rings. The second-order valence-corrected chi connectivity index (χ2v) is 7.14. The van der Waals surface area contributed by atoms with Crippen LogP contribution in [0.15, 0.2) is 35.3 Å². The third-order valence-corrected chi connectivity index (χ3v) is 4.95. The fourth-order valence-electron chi connectivity index (χ4n) is 2.90. The van der Waals surface area contributed by atoms with Crippen LogP contribution < -0.4 is 15.6 Å². The van der Waals surface area contributed by atoms with E-state index in [2.05, 4.69) is 10.4 Å². The van der Waals surface area contributed by atoms with E-state index in [1.54, 1.807) is 36.2 Å². The lowest BCUT2D eigenvalue weighted by Gasteiger charge is -2.32. The molecular weight excluding hydrogens is 391 g/mol. The lowest BCUT2D eigenvalue weighted by molar-refractivity contribution is -0.131. The number of piperidine rings is 1. The molecule has 0 saturated carbocycles. The van der Waals surface area contributed by atoms with Gasteiger partial charge in [0.05, 0.1) is 11.6 Å². The number of benzene rings is 1. The molecule has 1 saturated heterocycles. The van der Waals surface area contributed by atoms with Gasteiger partial charge in [-0.15, -0.1) is 0 Å². The van der Waals surface area contributed by atoms with Crippen LogP contribution in [0.4, 0.5) is 5.69 Å². The molecule has 1 aliphatic rings. The number of aryl methyl sites for hydroxylation is 1. The largest absolute Gasteiger partial charge is 0.489 e. The van der Waals surface area contributed by atoms with E-state index in [4.69, 9.17) is 27.9 Å². The summed E-state index contributed by atoms with van der Waals surface area (Å²) in [6.45, 7) is 1.24. The first-order valence-electron chi connectivity index (χ1n) is 8.59. The van der Waals surface area contributed by atoms with E-state index in [1.807, 2.05) is 0 Å². The van der Waals surface area contributed by atoms with Gasteiger partial charge in [0.15, 0.2) is 0 Å². The van der Waals surface area contributed by atoms with Crippen LogP contribution in [0.5, 0.6) is 5.75 Å². The molecule has 1 N–H and O–H groups in total. The topological polar surface area (TPSA) is 76.5 Å². The minimum absolute atomic E-state index is 0.00632. The maximum atomic E-state index is 12.4. The summed E-state index contributed by atoms with van der Waals surface area (Å²) in [6.07, 6.45) is 2.93. The Balaban J connectivity index is 1.49. The highest BCUT2D eigenvalue weighted by Crippen LogP contribution is 2.29. The van der Waals surface area contributed by atoms with Crippen LogP contribution in [0.1, 0.15) is 12.8 Å². The number of anilines is 1. The Kier molecular flexibility index (Phi) is 6.23. The number of carbonyl (C=O) groups excluding carboxylic acids is 1. The van der Waals surface area contributed by atoms with E-state index in [0.717, 1.165) is 0 Å². The van der Waals surface area contributed by atoms with E-state index < -0.39 is 0 Å².